The Morgan fingerprint density at radius 1 is 1.40 bits per heavy atom. The molecule has 5 nitrogen and oxygen atoms in total. The fourth-order valence-electron chi connectivity index (χ4n) is 1.76. The van der Waals surface area contributed by atoms with Crippen LogP contribution in [0, 0.1) is 0 Å². The minimum Gasteiger partial charge on any atom is -0.484 e. The molecule has 108 valence electrons. The first kappa shape index (κ1) is 15.0. The normalized spacial score (nSPS) is 11.1. The van der Waals surface area contributed by atoms with Crippen LogP contribution in [-0.2, 0) is 20.2 Å². The van der Waals surface area contributed by atoms with Crippen LogP contribution in [0.1, 0.15) is 25.2 Å². The molecule has 2 rings (SSSR count). The Balaban J connectivity index is 2.11. The summed E-state index contributed by atoms with van der Waals surface area (Å²) in [6.07, 6.45) is 1.53. The number of benzene rings is 1. The second-order valence-corrected chi connectivity index (χ2v) is 5.71. The van der Waals surface area contributed by atoms with Crippen LogP contribution < -0.4 is 10.1 Å². The van der Waals surface area contributed by atoms with Crippen LogP contribution in [0.15, 0.2) is 29.0 Å². The number of ether oxygens (including phenoxy) is 1. The summed E-state index contributed by atoms with van der Waals surface area (Å²) < 4.78 is 8.57. The highest BCUT2D eigenvalue weighted by Gasteiger charge is 2.10. The zero-order valence-electron chi connectivity index (χ0n) is 11.9. The zero-order valence-corrected chi connectivity index (χ0v) is 13.5. The molecule has 0 unspecified atom stereocenters. The van der Waals surface area contributed by atoms with Gasteiger partial charge in [0.05, 0.1) is 4.47 Å². The Bertz CT molecular complexity index is 568. The Hall–Kier alpha value is -1.40. The Morgan fingerprint density at radius 3 is 2.85 bits per heavy atom. The second kappa shape index (κ2) is 6.85. The molecule has 1 heterocycles. The van der Waals surface area contributed by atoms with Crippen molar-refractivity contribution in [3.8, 4) is 5.75 Å². The summed E-state index contributed by atoms with van der Waals surface area (Å²) in [5, 5.41) is 7.43. The molecule has 0 radical (unpaired) electrons. The van der Waals surface area contributed by atoms with Gasteiger partial charge in [0.1, 0.15) is 18.7 Å². The molecule has 1 aromatic heterocycles. The van der Waals surface area contributed by atoms with E-state index in [9.17, 15) is 0 Å². The Kier molecular flexibility index (Phi) is 5.14. The van der Waals surface area contributed by atoms with Gasteiger partial charge in [0.2, 0.25) is 0 Å². The van der Waals surface area contributed by atoms with E-state index in [1.165, 1.54) is 6.33 Å². The number of hydrogen-bond donors (Lipinski definition) is 1. The number of para-hydroxylation sites is 1. The third kappa shape index (κ3) is 3.80. The number of nitrogens with zero attached hydrogens (tertiary/aromatic N) is 3. The van der Waals surface area contributed by atoms with Crippen LogP contribution in [0.4, 0.5) is 0 Å². The minimum atomic E-state index is 0.397. The van der Waals surface area contributed by atoms with Crippen molar-refractivity contribution in [2.24, 2.45) is 7.05 Å². The standard InChI is InChI=1S/C14H19BrN4O/c1-10(2)16-7-11-5-4-6-12(15)14(11)20-8-13-17-9-18-19(13)3/h4-6,9-10,16H,7-8H2,1-3H3. The van der Waals surface area contributed by atoms with Crippen molar-refractivity contribution < 1.29 is 4.74 Å². The van der Waals surface area contributed by atoms with Crippen molar-refractivity contribution in [1.29, 1.82) is 0 Å². The summed E-state index contributed by atoms with van der Waals surface area (Å²) in [7, 11) is 1.85. The van der Waals surface area contributed by atoms with Crippen LogP contribution in [0.2, 0.25) is 0 Å². The summed E-state index contributed by atoms with van der Waals surface area (Å²) in [5.74, 6) is 1.65. The Labute approximate surface area is 127 Å². The van der Waals surface area contributed by atoms with Crippen LogP contribution in [0.3, 0.4) is 0 Å². The number of aryl methyl sites for hydroxylation is 1. The first-order valence-corrected chi connectivity index (χ1v) is 7.33. The molecule has 1 N–H and O–H groups in total. The van der Waals surface area contributed by atoms with Crippen molar-refractivity contribution in [3.05, 3.63) is 40.4 Å². The quantitative estimate of drug-likeness (QED) is 0.879. The van der Waals surface area contributed by atoms with Gasteiger partial charge in [-0.15, -0.1) is 0 Å². The van der Waals surface area contributed by atoms with Crippen molar-refractivity contribution in [2.75, 3.05) is 0 Å². The van der Waals surface area contributed by atoms with E-state index in [1.807, 2.05) is 19.2 Å². The van der Waals surface area contributed by atoms with E-state index in [2.05, 4.69) is 51.2 Å². The van der Waals surface area contributed by atoms with E-state index < -0.39 is 0 Å². The molecule has 1 aromatic carbocycles. The molecular weight excluding hydrogens is 320 g/mol. The summed E-state index contributed by atoms with van der Waals surface area (Å²) in [4.78, 5) is 4.16. The highest BCUT2D eigenvalue weighted by atomic mass is 79.9. The van der Waals surface area contributed by atoms with E-state index in [4.69, 9.17) is 4.74 Å². The van der Waals surface area contributed by atoms with Gasteiger partial charge in [-0.3, -0.25) is 4.68 Å². The molecule has 0 aliphatic rings. The van der Waals surface area contributed by atoms with Crippen LogP contribution in [0.5, 0.6) is 5.75 Å². The molecule has 6 heteroatoms. The van der Waals surface area contributed by atoms with E-state index in [0.717, 1.165) is 28.2 Å². The average Bonchev–Trinajstić information content (AvgIpc) is 2.81. The SMILES string of the molecule is CC(C)NCc1cccc(Br)c1OCc1ncnn1C. The van der Waals surface area contributed by atoms with Crippen molar-refractivity contribution in [3.63, 3.8) is 0 Å². The molecule has 0 fully saturated rings. The maximum Gasteiger partial charge on any atom is 0.164 e. The molecule has 0 atom stereocenters. The number of nitrogens with one attached hydrogen (secondary N) is 1. The molecule has 0 aliphatic carbocycles. The van der Waals surface area contributed by atoms with E-state index in [1.54, 1.807) is 4.68 Å². The van der Waals surface area contributed by atoms with Gasteiger partial charge in [0, 0.05) is 25.2 Å². The van der Waals surface area contributed by atoms with E-state index in [0.29, 0.717) is 12.6 Å². The van der Waals surface area contributed by atoms with Crippen LogP contribution >= 0.6 is 15.9 Å². The monoisotopic (exact) mass is 338 g/mol. The largest absolute Gasteiger partial charge is 0.484 e. The first-order valence-electron chi connectivity index (χ1n) is 6.54. The van der Waals surface area contributed by atoms with Gasteiger partial charge in [-0.1, -0.05) is 26.0 Å². The zero-order chi connectivity index (χ0) is 14.5. The fraction of sp³-hybridized carbons (Fsp3) is 0.429. The molecule has 0 amide bonds. The highest BCUT2D eigenvalue weighted by Crippen LogP contribution is 2.29. The van der Waals surface area contributed by atoms with Gasteiger partial charge in [-0.2, -0.15) is 5.10 Å². The lowest BCUT2D eigenvalue weighted by atomic mass is 10.2. The summed E-state index contributed by atoms with van der Waals surface area (Å²) in [6, 6.07) is 6.48. The molecule has 0 saturated carbocycles. The summed E-state index contributed by atoms with van der Waals surface area (Å²) >= 11 is 3.54. The third-order valence-corrected chi connectivity index (χ3v) is 3.52. The predicted octanol–water partition coefficient (Wildman–Crippen LogP) is 2.65. The highest BCUT2D eigenvalue weighted by molar-refractivity contribution is 9.10. The lowest BCUT2D eigenvalue weighted by Crippen LogP contribution is -2.22. The van der Waals surface area contributed by atoms with Gasteiger partial charge in [-0.05, 0) is 22.0 Å². The van der Waals surface area contributed by atoms with Crippen molar-refractivity contribution >= 4 is 15.9 Å². The first-order chi connectivity index (χ1) is 9.58. The summed E-state index contributed by atoms with van der Waals surface area (Å²) in [6.45, 7) is 5.41. The maximum absolute atomic E-state index is 5.92. The maximum atomic E-state index is 5.92. The summed E-state index contributed by atoms with van der Waals surface area (Å²) in [5.41, 5.74) is 1.12. The smallest absolute Gasteiger partial charge is 0.164 e. The number of rotatable bonds is 6. The Morgan fingerprint density at radius 2 is 2.20 bits per heavy atom. The van der Waals surface area contributed by atoms with Gasteiger partial charge >= 0.3 is 0 Å². The van der Waals surface area contributed by atoms with Crippen molar-refractivity contribution in [1.82, 2.24) is 20.1 Å². The second-order valence-electron chi connectivity index (χ2n) is 4.85. The van der Waals surface area contributed by atoms with E-state index in [-0.39, 0.29) is 0 Å². The molecule has 2 aromatic rings. The van der Waals surface area contributed by atoms with E-state index >= 15 is 0 Å². The number of hydrogen-bond acceptors (Lipinski definition) is 4. The predicted molar refractivity (Wildman–Crippen MR) is 81.5 cm³/mol. The molecule has 0 bridgehead atoms. The average molecular weight is 339 g/mol. The third-order valence-electron chi connectivity index (χ3n) is 2.90. The fourth-order valence-corrected chi connectivity index (χ4v) is 2.28. The lowest BCUT2D eigenvalue weighted by Gasteiger charge is -2.15. The van der Waals surface area contributed by atoms with Crippen LogP contribution in [-0.4, -0.2) is 20.8 Å². The molecular formula is C14H19BrN4O. The molecule has 0 aliphatic heterocycles. The number of halogens is 1. The lowest BCUT2D eigenvalue weighted by molar-refractivity contribution is 0.284. The number of aromatic nitrogens is 3. The molecule has 0 saturated heterocycles. The minimum absolute atomic E-state index is 0.397. The molecule has 20 heavy (non-hydrogen) atoms. The molecule has 0 spiro atoms. The van der Waals surface area contributed by atoms with Crippen LogP contribution in [0.25, 0.3) is 0 Å². The van der Waals surface area contributed by atoms with Gasteiger partial charge in [0.25, 0.3) is 0 Å². The van der Waals surface area contributed by atoms with Gasteiger partial charge < -0.3 is 10.1 Å². The van der Waals surface area contributed by atoms with Crippen molar-refractivity contribution in [2.45, 2.75) is 33.0 Å². The van der Waals surface area contributed by atoms with Gasteiger partial charge in [-0.25, -0.2) is 4.98 Å². The topological polar surface area (TPSA) is 52.0 Å². The van der Waals surface area contributed by atoms with Gasteiger partial charge in [0.15, 0.2) is 5.82 Å².